The van der Waals surface area contributed by atoms with Crippen molar-refractivity contribution < 1.29 is 22.8 Å². The van der Waals surface area contributed by atoms with Gasteiger partial charge in [0.25, 0.3) is 0 Å². The molecule has 3 rings (SSSR count). The van der Waals surface area contributed by atoms with E-state index in [0.29, 0.717) is 24.9 Å². The minimum absolute atomic E-state index is 0.0404. The van der Waals surface area contributed by atoms with Gasteiger partial charge in [0.1, 0.15) is 0 Å². The van der Waals surface area contributed by atoms with Crippen molar-refractivity contribution in [3.63, 3.8) is 0 Å². The second-order valence-electron chi connectivity index (χ2n) is 7.07. The number of piperidine rings is 1. The average Bonchev–Trinajstić information content (AvgIpc) is 3.45. The molecule has 1 aliphatic carbocycles. The summed E-state index contributed by atoms with van der Waals surface area (Å²) < 4.78 is 39.1. The first kappa shape index (κ1) is 18.7. The van der Waals surface area contributed by atoms with Crippen LogP contribution in [0.4, 0.5) is 13.2 Å². The van der Waals surface area contributed by atoms with Gasteiger partial charge in [-0.15, -0.1) is 0 Å². The highest BCUT2D eigenvalue weighted by Crippen LogP contribution is 2.40. The summed E-state index contributed by atoms with van der Waals surface area (Å²) in [6.07, 6.45) is -1.74. The van der Waals surface area contributed by atoms with Crippen LogP contribution in [0.15, 0.2) is 24.3 Å². The Balaban J connectivity index is 1.85. The molecule has 7 heteroatoms. The number of benzene rings is 1. The van der Waals surface area contributed by atoms with E-state index in [2.05, 4.69) is 5.32 Å². The molecule has 2 aliphatic rings. The van der Waals surface area contributed by atoms with E-state index < -0.39 is 17.8 Å². The number of hydrogen-bond donors (Lipinski definition) is 1. The maximum absolute atomic E-state index is 13.0. The number of nitrogens with one attached hydrogen (secondary N) is 1. The van der Waals surface area contributed by atoms with E-state index in [1.54, 1.807) is 11.0 Å². The molecule has 0 spiro atoms. The number of hydrogen-bond acceptors (Lipinski definition) is 2. The molecule has 26 heavy (non-hydrogen) atoms. The van der Waals surface area contributed by atoms with Crippen LogP contribution in [0.1, 0.15) is 49.8 Å². The predicted octanol–water partition coefficient (Wildman–Crippen LogP) is 3.53. The Kier molecular flexibility index (Phi) is 5.25. The average molecular weight is 368 g/mol. The third-order valence-corrected chi connectivity index (χ3v) is 5.11. The largest absolute Gasteiger partial charge is 0.416 e. The van der Waals surface area contributed by atoms with E-state index in [4.69, 9.17) is 0 Å². The summed E-state index contributed by atoms with van der Waals surface area (Å²) >= 11 is 0. The molecular weight excluding hydrogens is 345 g/mol. The third-order valence-electron chi connectivity index (χ3n) is 5.11. The van der Waals surface area contributed by atoms with Gasteiger partial charge < -0.3 is 10.2 Å². The van der Waals surface area contributed by atoms with Crippen LogP contribution < -0.4 is 5.32 Å². The van der Waals surface area contributed by atoms with Crippen LogP contribution in [-0.2, 0) is 15.8 Å². The van der Waals surface area contributed by atoms with Crippen molar-refractivity contribution in [1.82, 2.24) is 10.2 Å². The molecule has 0 unspecified atom stereocenters. The van der Waals surface area contributed by atoms with Crippen molar-refractivity contribution in [1.29, 1.82) is 0 Å². The predicted molar refractivity (Wildman–Crippen MR) is 90.0 cm³/mol. The Morgan fingerprint density at radius 3 is 2.46 bits per heavy atom. The van der Waals surface area contributed by atoms with Crippen LogP contribution in [0.2, 0.25) is 0 Å². The number of rotatable bonds is 4. The second-order valence-corrected chi connectivity index (χ2v) is 7.07. The van der Waals surface area contributed by atoms with Gasteiger partial charge in [-0.05, 0) is 50.3 Å². The normalized spacial score (nSPS) is 23.6. The van der Waals surface area contributed by atoms with Crippen molar-refractivity contribution >= 4 is 11.8 Å². The van der Waals surface area contributed by atoms with Gasteiger partial charge in [-0.3, -0.25) is 9.59 Å². The molecular formula is C19H23F3N2O2. The fraction of sp³-hybridized carbons (Fsp3) is 0.579. The summed E-state index contributed by atoms with van der Waals surface area (Å²) in [7, 11) is 0. The van der Waals surface area contributed by atoms with Gasteiger partial charge in [0.2, 0.25) is 11.8 Å². The number of amides is 2. The van der Waals surface area contributed by atoms with E-state index in [-0.39, 0.29) is 30.2 Å². The molecule has 1 heterocycles. The zero-order valence-electron chi connectivity index (χ0n) is 14.7. The maximum atomic E-state index is 13.0. The minimum Gasteiger partial charge on any atom is -0.356 e. The molecule has 142 valence electrons. The lowest BCUT2D eigenvalue weighted by atomic mass is 9.87. The van der Waals surface area contributed by atoms with Crippen molar-refractivity contribution in [3.05, 3.63) is 35.4 Å². The van der Waals surface area contributed by atoms with Crippen LogP contribution >= 0.6 is 0 Å². The quantitative estimate of drug-likeness (QED) is 0.884. The van der Waals surface area contributed by atoms with Crippen LogP contribution in [0.3, 0.4) is 0 Å². The van der Waals surface area contributed by atoms with E-state index in [9.17, 15) is 22.8 Å². The Bertz CT molecular complexity index is 686. The van der Waals surface area contributed by atoms with Crippen molar-refractivity contribution in [2.75, 3.05) is 13.1 Å². The van der Waals surface area contributed by atoms with Crippen molar-refractivity contribution in [2.45, 2.75) is 44.8 Å². The van der Waals surface area contributed by atoms with E-state index in [0.717, 1.165) is 25.0 Å². The molecule has 0 aromatic heterocycles. The van der Waals surface area contributed by atoms with Gasteiger partial charge in [0.15, 0.2) is 0 Å². The van der Waals surface area contributed by atoms with E-state index >= 15 is 0 Å². The van der Waals surface area contributed by atoms with E-state index in [1.807, 2.05) is 6.92 Å². The lowest BCUT2D eigenvalue weighted by Gasteiger charge is -2.40. The first-order chi connectivity index (χ1) is 12.3. The number of nitrogens with zero attached hydrogens (tertiary/aromatic N) is 1. The van der Waals surface area contributed by atoms with Crippen LogP contribution in [0, 0.1) is 11.8 Å². The molecule has 1 aliphatic heterocycles. The number of carbonyl (C=O) groups excluding carboxylic acids is 2. The van der Waals surface area contributed by atoms with Gasteiger partial charge in [-0.2, -0.15) is 13.2 Å². The fourth-order valence-corrected chi connectivity index (χ4v) is 3.58. The van der Waals surface area contributed by atoms with Crippen molar-refractivity contribution in [2.24, 2.45) is 11.8 Å². The smallest absolute Gasteiger partial charge is 0.356 e. The fourth-order valence-electron chi connectivity index (χ4n) is 3.58. The zero-order chi connectivity index (χ0) is 18.9. The molecule has 2 atom stereocenters. The lowest BCUT2D eigenvalue weighted by molar-refractivity contribution is -0.140. The van der Waals surface area contributed by atoms with Crippen LogP contribution in [0.25, 0.3) is 0 Å². The van der Waals surface area contributed by atoms with Crippen LogP contribution in [0.5, 0.6) is 0 Å². The van der Waals surface area contributed by atoms with Gasteiger partial charge in [-0.25, -0.2) is 0 Å². The molecule has 4 nitrogen and oxygen atoms in total. The summed E-state index contributed by atoms with van der Waals surface area (Å²) in [5.74, 6) is -0.485. The highest BCUT2D eigenvalue weighted by Gasteiger charge is 2.41. The highest BCUT2D eigenvalue weighted by atomic mass is 19.4. The van der Waals surface area contributed by atoms with E-state index in [1.165, 1.54) is 6.07 Å². The van der Waals surface area contributed by atoms with Gasteiger partial charge in [0.05, 0.1) is 17.5 Å². The first-order valence-electron chi connectivity index (χ1n) is 9.06. The SMILES string of the molecule is CCNC(=O)[C@H]1CC[C@@H](c2cccc(C(F)(F)F)c2)N(C(=O)C2CC2)C1. The lowest BCUT2D eigenvalue weighted by Crippen LogP contribution is -2.47. The molecule has 0 bridgehead atoms. The summed E-state index contributed by atoms with van der Waals surface area (Å²) in [6.45, 7) is 2.62. The topological polar surface area (TPSA) is 49.4 Å². The summed E-state index contributed by atoms with van der Waals surface area (Å²) in [5.41, 5.74) is -0.220. The Morgan fingerprint density at radius 1 is 1.15 bits per heavy atom. The van der Waals surface area contributed by atoms with Gasteiger partial charge in [0, 0.05) is 19.0 Å². The number of likely N-dealkylation sites (tertiary alicyclic amines) is 1. The zero-order valence-corrected chi connectivity index (χ0v) is 14.7. The van der Waals surface area contributed by atoms with Gasteiger partial charge in [-0.1, -0.05) is 12.1 Å². The third kappa shape index (κ3) is 4.02. The second kappa shape index (κ2) is 7.29. The molecule has 2 amide bonds. The molecule has 1 N–H and O–H groups in total. The van der Waals surface area contributed by atoms with Gasteiger partial charge >= 0.3 is 6.18 Å². The van der Waals surface area contributed by atoms with Crippen LogP contribution in [-0.4, -0.2) is 29.8 Å². The standard InChI is InChI=1S/C19H23F3N2O2/c1-2-23-17(25)14-8-9-16(24(11-14)18(26)12-6-7-12)13-4-3-5-15(10-13)19(20,21)22/h3-5,10,12,14,16H,2,6-9,11H2,1H3,(H,23,25)/t14-,16-/m0/s1. The summed E-state index contributed by atoms with van der Waals surface area (Å²) in [4.78, 5) is 26.5. The minimum atomic E-state index is -4.42. The monoisotopic (exact) mass is 368 g/mol. The summed E-state index contributed by atoms with van der Waals surface area (Å²) in [6, 6.07) is 4.78. The number of halogens is 3. The number of carbonyl (C=O) groups is 2. The van der Waals surface area contributed by atoms with Crippen molar-refractivity contribution in [3.8, 4) is 0 Å². The Morgan fingerprint density at radius 2 is 1.85 bits per heavy atom. The molecule has 0 radical (unpaired) electrons. The number of alkyl halides is 3. The molecule has 2 fully saturated rings. The highest BCUT2D eigenvalue weighted by molar-refractivity contribution is 5.84. The first-order valence-corrected chi connectivity index (χ1v) is 9.06. The Hall–Kier alpha value is -2.05. The molecule has 1 aromatic rings. The molecule has 1 aromatic carbocycles. The molecule has 1 saturated heterocycles. The molecule has 1 saturated carbocycles. The maximum Gasteiger partial charge on any atom is 0.416 e. The summed E-state index contributed by atoms with van der Waals surface area (Å²) in [5, 5.41) is 2.78. The Labute approximate surface area is 150 Å².